The number of methoxy groups -OCH3 is 1. The molecule has 2 rings (SSSR count). The predicted octanol–water partition coefficient (Wildman–Crippen LogP) is 3.49. The number of sulfonamides is 1. The standard InChI is InChI=1S/C26H37N3O5S/c1-7-20(4)27-26(31)24(8-2)28(17-21-10-9-11-23(16-21)34-5)25(30)18-29(35(6,32)33)22-14-12-19(3)13-15-22/h9-16,20,24H,7-8,17-18H2,1-6H3,(H,27,31). The second-order valence-electron chi connectivity index (χ2n) is 8.72. The Labute approximate surface area is 209 Å². The molecule has 2 atom stereocenters. The maximum atomic E-state index is 13.7. The molecule has 0 heterocycles. The zero-order valence-electron chi connectivity index (χ0n) is 21.4. The van der Waals surface area contributed by atoms with Gasteiger partial charge in [-0.1, -0.05) is 43.7 Å². The third kappa shape index (κ3) is 7.99. The van der Waals surface area contributed by atoms with Gasteiger partial charge in [0.2, 0.25) is 21.8 Å². The molecule has 1 N–H and O–H groups in total. The van der Waals surface area contributed by atoms with Crippen LogP contribution in [0.1, 0.15) is 44.7 Å². The van der Waals surface area contributed by atoms with Crippen LogP contribution in [-0.2, 0) is 26.2 Å². The van der Waals surface area contributed by atoms with Gasteiger partial charge in [0.15, 0.2) is 0 Å². The van der Waals surface area contributed by atoms with E-state index in [0.29, 0.717) is 17.9 Å². The van der Waals surface area contributed by atoms with E-state index in [1.807, 2.05) is 39.8 Å². The number of amides is 2. The van der Waals surface area contributed by atoms with Crippen molar-refractivity contribution in [1.82, 2.24) is 10.2 Å². The molecule has 2 amide bonds. The van der Waals surface area contributed by atoms with Gasteiger partial charge >= 0.3 is 0 Å². The Hall–Kier alpha value is -3.07. The molecule has 0 saturated carbocycles. The number of rotatable bonds is 12. The van der Waals surface area contributed by atoms with Crippen molar-refractivity contribution in [3.05, 3.63) is 59.7 Å². The molecule has 0 fully saturated rings. The first-order valence-electron chi connectivity index (χ1n) is 11.8. The number of nitrogens with zero attached hydrogens (tertiary/aromatic N) is 2. The number of benzene rings is 2. The molecule has 2 unspecified atom stereocenters. The highest BCUT2D eigenvalue weighted by molar-refractivity contribution is 7.92. The van der Waals surface area contributed by atoms with Crippen molar-refractivity contribution in [2.24, 2.45) is 0 Å². The first-order valence-corrected chi connectivity index (χ1v) is 13.6. The highest BCUT2D eigenvalue weighted by Gasteiger charge is 2.32. The normalized spacial score (nSPS) is 13.0. The molecule has 0 bridgehead atoms. The summed E-state index contributed by atoms with van der Waals surface area (Å²) >= 11 is 0. The van der Waals surface area contributed by atoms with Gasteiger partial charge in [0.1, 0.15) is 18.3 Å². The molecule has 0 radical (unpaired) electrons. The van der Waals surface area contributed by atoms with Gasteiger partial charge in [0, 0.05) is 12.6 Å². The monoisotopic (exact) mass is 503 g/mol. The van der Waals surface area contributed by atoms with E-state index in [0.717, 1.165) is 28.1 Å². The molecule has 2 aromatic rings. The molecule has 8 nitrogen and oxygen atoms in total. The fraction of sp³-hybridized carbons (Fsp3) is 0.462. The maximum Gasteiger partial charge on any atom is 0.244 e. The van der Waals surface area contributed by atoms with Gasteiger partial charge in [-0.2, -0.15) is 0 Å². The van der Waals surface area contributed by atoms with E-state index in [-0.39, 0.29) is 18.5 Å². The summed E-state index contributed by atoms with van der Waals surface area (Å²) < 4.78 is 31.6. The van der Waals surface area contributed by atoms with E-state index in [2.05, 4.69) is 5.32 Å². The molecule has 0 aliphatic heterocycles. The first kappa shape index (κ1) is 28.2. The minimum atomic E-state index is -3.75. The molecular formula is C26H37N3O5S. The third-order valence-electron chi connectivity index (χ3n) is 5.88. The Bertz CT molecular complexity index is 1100. The summed E-state index contributed by atoms with van der Waals surface area (Å²) in [6.45, 7) is 7.32. The van der Waals surface area contributed by atoms with Crippen molar-refractivity contribution in [1.29, 1.82) is 0 Å². The van der Waals surface area contributed by atoms with Crippen LogP contribution < -0.4 is 14.4 Å². The summed E-state index contributed by atoms with van der Waals surface area (Å²) in [4.78, 5) is 28.3. The summed E-state index contributed by atoms with van der Waals surface area (Å²) in [5.74, 6) is -0.103. The minimum absolute atomic E-state index is 0.0506. The number of ether oxygens (including phenoxy) is 1. The average molecular weight is 504 g/mol. The van der Waals surface area contributed by atoms with Crippen LogP contribution in [0.2, 0.25) is 0 Å². The number of carbonyl (C=O) groups is 2. The van der Waals surface area contributed by atoms with Crippen LogP contribution in [0.4, 0.5) is 5.69 Å². The lowest BCUT2D eigenvalue weighted by Crippen LogP contribution is -2.53. The number of nitrogens with one attached hydrogen (secondary N) is 1. The third-order valence-corrected chi connectivity index (χ3v) is 7.02. The largest absolute Gasteiger partial charge is 0.497 e. The van der Waals surface area contributed by atoms with Gasteiger partial charge < -0.3 is 15.0 Å². The van der Waals surface area contributed by atoms with Crippen molar-refractivity contribution in [2.45, 2.75) is 59.2 Å². The number of hydrogen-bond donors (Lipinski definition) is 1. The highest BCUT2D eigenvalue weighted by Crippen LogP contribution is 2.21. The molecular weight excluding hydrogens is 466 g/mol. The quantitative estimate of drug-likeness (QED) is 0.478. The summed E-state index contributed by atoms with van der Waals surface area (Å²) in [6.07, 6.45) is 2.20. The Balaban J connectivity index is 2.44. The van der Waals surface area contributed by atoms with Gasteiger partial charge in [-0.15, -0.1) is 0 Å². The molecule has 0 aromatic heterocycles. The van der Waals surface area contributed by atoms with Gasteiger partial charge in [-0.05, 0) is 56.5 Å². The van der Waals surface area contributed by atoms with Crippen molar-refractivity contribution in [3.8, 4) is 5.75 Å². The zero-order valence-corrected chi connectivity index (χ0v) is 22.3. The summed E-state index contributed by atoms with van der Waals surface area (Å²) in [6, 6.07) is 13.4. The van der Waals surface area contributed by atoms with E-state index < -0.39 is 28.5 Å². The Morgan fingerprint density at radius 2 is 1.71 bits per heavy atom. The second-order valence-corrected chi connectivity index (χ2v) is 10.6. The van der Waals surface area contributed by atoms with E-state index in [9.17, 15) is 18.0 Å². The van der Waals surface area contributed by atoms with Crippen molar-refractivity contribution < 1.29 is 22.7 Å². The molecule has 0 aliphatic rings. The number of aryl methyl sites for hydroxylation is 1. The van der Waals surface area contributed by atoms with Crippen LogP contribution in [-0.4, -0.2) is 57.1 Å². The van der Waals surface area contributed by atoms with E-state index in [1.165, 1.54) is 4.90 Å². The van der Waals surface area contributed by atoms with Gasteiger partial charge in [-0.25, -0.2) is 8.42 Å². The molecule has 9 heteroatoms. The van der Waals surface area contributed by atoms with Crippen LogP contribution in [0.25, 0.3) is 0 Å². The Kier molecular flexibility index (Phi) is 10.1. The molecule has 192 valence electrons. The van der Waals surface area contributed by atoms with Crippen molar-refractivity contribution in [3.63, 3.8) is 0 Å². The zero-order chi connectivity index (χ0) is 26.2. The number of hydrogen-bond acceptors (Lipinski definition) is 5. The topological polar surface area (TPSA) is 96.0 Å². The van der Waals surface area contributed by atoms with E-state index in [4.69, 9.17) is 4.74 Å². The molecule has 0 spiro atoms. The van der Waals surface area contributed by atoms with Crippen LogP contribution in [0.15, 0.2) is 48.5 Å². The predicted molar refractivity (Wildman–Crippen MR) is 139 cm³/mol. The second kappa shape index (κ2) is 12.6. The maximum absolute atomic E-state index is 13.7. The van der Waals surface area contributed by atoms with Crippen LogP contribution in [0.5, 0.6) is 5.75 Å². The Morgan fingerprint density at radius 3 is 2.26 bits per heavy atom. The van der Waals surface area contributed by atoms with Gasteiger partial charge in [0.05, 0.1) is 19.1 Å². The molecule has 2 aromatic carbocycles. The minimum Gasteiger partial charge on any atom is -0.497 e. The number of carbonyl (C=O) groups excluding carboxylic acids is 2. The first-order chi connectivity index (χ1) is 16.5. The summed E-state index contributed by atoms with van der Waals surface area (Å²) in [5, 5.41) is 2.96. The molecule has 0 aliphatic carbocycles. The number of anilines is 1. The summed E-state index contributed by atoms with van der Waals surface area (Å²) in [5.41, 5.74) is 2.14. The van der Waals surface area contributed by atoms with Crippen LogP contribution >= 0.6 is 0 Å². The lowest BCUT2D eigenvalue weighted by atomic mass is 10.1. The Morgan fingerprint density at radius 1 is 1.06 bits per heavy atom. The molecule has 35 heavy (non-hydrogen) atoms. The smallest absolute Gasteiger partial charge is 0.244 e. The van der Waals surface area contributed by atoms with Crippen molar-refractivity contribution >= 4 is 27.5 Å². The van der Waals surface area contributed by atoms with Gasteiger partial charge in [-0.3, -0.25) is 13.9 Å². The van der Waals surface area contributed by atoms with Crippen LogP contribution in [0, 0.1) is 6.92 Å². The summed E-state index contributed by atoms with van der Waals surface area (Å²) in [7, 11) is -2.20. The van der Waals surface area contributed by atoms with Gasteiger partial charge in [0.25, 0.3) is 0 Å². The SMILES string of the molecule is CCC(C)NC(=O)C(CC)N(Cc1cccc(OC)c1)C(=O)CN(c1ccc(C)cc1)S(C)(=O)=O. The van der Waals surface area contributed by atoms with Crippen LogP contribution in [0.3, 0.4) is 0 Å². The lowest BCUT2D eigenvalue weighted by molar-refractivity contribution is -0.140. The fourth-order valence-corrected chi connectivity index (χ4v) is 4.50. The van der Waals surface area contributed by atoms with E-state index in [1.54, 1.807) is 43.5 Å². The molecule has 0 saturated heterocycles. The average Bonchev–Trinajstić information content (AvgIpc) is 2.82. The highest BCUT2D eigenvalue weighted by atomic mass is 32.2. The van der Waals surface area contributed by atoms with Crippen molar-refractivity contribution in [2.75, 3.05) is 24.2 Å². The van der Waals surface area contributed by atoms with E-state index >= 15 is 0 Å². The fourth-order valence-electron chi connectivity index (χ4n) is 3.65. The lowest BCUT2D eigenvalue weighted by Gasteiger charge is -2.33.